The molecule has 2 aromatic carbocycles. The third-order valence-corrected chi connectivity index (χ3v) is 6.76. The van der Waals surface area contributed by atoms with E-state index in [1.165, 1.54) is 0 Å². The molecule has 3 heterocycles. The second-order valence-corrected chi connectivity index (χ2v) is 9.64. The SMILES string of the molecule is CCOC(=O)N1CCN(C(=O)c2ccc(CN(Cc3ccc(Cl)cc3)Cc3ccc4c(c3)OCO4)o2)CC1. The van der Waals surface area contributed by atoms with E-state index in [1.807, 2.05) is 48.5 Å². The molecule has 1 fully saturated rings. The van der Waals surface area contributed by atoms with E-state index >= 15 is 0 Å². The van der Waals surface area contributed by atoms with Gasteiger partial charge in [0.2, 0.25) is 6.79 Å². The van der Waals surface area contributed by atoms with E-state index in [4.69, 9.17) is 30.2 Å². The van der Waals surface area contributed by atoms with Crippen molar-refractivity contribution in [3.05, 3.63) is 82.3 Å². The van der Waals surface area contributed by atoms with Gasteiger partial charge in [-0.3, -0.25) is 9.69 Å². The first-order valence-corrected chi connectivity index (χ1v) is 13.0. The number of furan rings is 1. The van der Waals surface area contributed by atoms with Crippen LogP contribution < -0.4 is 9.47 Å². The van der Waals surface area contributed by atoms with Crippen LogP contribution >= 0.6 is 11.6 Å². The van der Waals surface area contributed by atoms with Crippen molar-refractivity contribution >= 4 is 23.6 Å². The number of hydrogen-bond donors (Lipinski definition) is 0. The maximum Gasteiger partial charge on any atom is 0.409 e. The van der Waals surface area contributed by atoms with Crippen LogP contribution in [0.15, 0.2) is 59.0 Å². The molecule has 0 bridgehead atoms. The van der Waals surface area contributed by atoms with Crippen molar-refractivity contribution in [2.45, 2.75) is 26.6 Å². The van der Waals surface area contributed by atoms with Crippen LogP contribution in [0.3, 0.4) is 0 Å². The van der Waals surface area contributed by atoms with Gasteiger partial charge in [-0.05, 0) is 54.4 Å². The lowest BCUT2D eigenvalue weighted by Crippen LogP contribution is -2.50. The molecule has 10 heteroatoms. The van der Waals surface area contributed by atoms with Crippen LogP contribution in [-0.2, 0) is 24.4 Å². The number of fused-ring (bicyclic) bond motifs is 1. The third-order valence-electron chi connectivity index (χ3n) is 6.51. The monoisotopic (exact) mass is 539 g/mol. The number of carbonyl (C=O) groups excluding carboxylic acids is 2. The molecular formula is C28H30ClN3O6. The van der Waals surface area contributed by atoms with Gasteiger partial charge in [-0.2, -0.15) is 0 Å². The highest BCUT2D eigenvalue weighted by molar-refractivity contribution is 6.30. The normalized spacial score (nSPS) is 14.7. The molecule has 0 N–H and O–H groups in total. The van der Waals surface area contributed by atoms with Crippen LogP contribution in [0.1, 0.15) is 34.4 Å². The molecule has 0 unspecified atom stereocenters. The molecule has 1 saturated heterocycles. The molecule has 0 aliphatic carbocycles. The predicted molar refractivity (Wildman–Crippen MR) is 140 cm³/mol. The van der Waals surface area contributed by atoms with Gasteiger partial charge in [-0.25, -0.2) is 4.79 Å². The lowest BCUT2D eigenvalue weighted by molar-refractivity contribution is 0.0543. The lowest BCUT2D eigenvalue weighted by Gasteiger charge is -2.33. The van der Waals surface area contributed by atoms with Crippen LogP contribution in [-0.4, -0.2) is 66.3 Å². The van der Waals surface area contributed by atoms with Gasteiger partial charge in [0.15, 0.2) is 17.3 Å². The van der Waals surface area contributed by atoms with E-state index in [0.29, 0.717) is 69.0 Å². The first-order chi connectivity index (χ1) is 18.5. The van der Waals surface area contributed by atoms with Crippen molar-refractivity contribution < 1.29 is 28.2 Å². The highest BCUT2D eigenvalue weighted by Gasteiger charge is 2.27. The number of benzene rings is 2. The van der Waals surface area contributed by atoms with E-state index in [9.17, 15) is 9.59 Å². The summed E-state index contributed by atoms with van der Waals surface area (Å²) < 4.78 is 22.0. The maximum absolute atomic E-state index is 13.1. The Morgan fingerprint density at radius 1 is 0.868 bits per heavy atom. The molecule has 0 atom stereocenters. The molecule has 0 spiro atoms. The minimum Gasteiger partial charge on any atom is -0.455 e. The second-order valence-electron chi connectivity index (χ2n) is 9.20. The number of ether oxygens (including phenoxy) is 3. The smallest absolute Gasteiger partial charge is 0.409 e. The van der Waals surface area contributed by atoms with Crippen molar-refractivity contribution in [2.24, 2.45) is 0 Å². The van der Waals surface area contributed by atoms with Crippen molar-refractivity contribution in [3.8, 4) is 11.5 Å². The van der Waals surface area contributed by atoms with E-state index in [1.54, 1.807) is 22.8 Å². The van der Waals surface area contributed by atoms with Crippen LogP contribution in [0, 0.1) is 0 Å². The van der Waals surface area contributed by atoms with Crippen molar-refractivity contribution in [3.63, 3.8) is 0 Å². The van der Waals surface area contributed by atoms with Crippen LogP contribution in [0.2, 0.25) is 5.02 Å². The molecule has 2 aliphatic heterocycles. The Labute approximate surface area is 226 Å². The minimum atomic E-state index is -0.344. The molecule has 5 rings (SSSR count). The first-order valence-electron chi connectivity index (χ1n) is 12.6. The average Bonchev–Trinajstić information content (AvgIpc) is 3.59. The zero-order chi connectivity index (χ0) is 26.5. The van der Waals surface area contributed by atoms with Crippen LogP contribution in [0.5, 0.6) is 11.5 Å². The standard InChI is InChI=1S/C28H30ClN3O6/c1-2-35-28(34)32-13-11-31(12-14-32)27(33)25-10-8-23(38-25)18-30(16-20-3-6-22(29)7-4-20)17-21-5-9-24-26(15-21)37-19-36-24/h3-10,15H,2,11-14,16-19H2,1H3. The number of amides is 2. The Balaban J connectivity index is 1.25. The Hall–Kier alpha value is -3.69. The van der Waals surface area contributed by atoms with Gasteiger partial charge < -0.3 is 28.4 Å². The zero-order valence-electron chi connectivity index (χ0n) is 21.2. The maximum atomic E-state index is 13.1. The fourth-order valence-corrected chi connectivity index (χ4v) is 4.70. The summed E-state index contributed by atoms with van der Waals surface area (Å²) in [6.45, 7) is 5.86. The first kappa shape index (κ1) is 25.9. The number of piperazine rings is 1. The van der Waals surface area contributed by atoms with Gasteiger partial charge in [0.25, 0.3) is 5.91 Å². The molecule has 2 amide bonds. The molecule has 200 valence electrons. The predicted octanol–water partition coefficient (Wildman–Crippen LogP) is 4.78. The number of hydrogen-bond acceptors (Lipinski definition) is 7. The van der Waals surface area contributed by atoms with Crippen LogP contribution in [0.25, 0.3) is 0 Å². The Bertz CT molecular complexity index is 1270. The highest BCUT2D eigenvalue weighted by atomic mass is 35.5. The Kier molecular flexibility index (Phi) is 8.05. The van der Waals surface area contributed by atoms with Crippen LogP contribution in [0.4, 0.5) is 4.79 Å². The van der Waals surface area contributed by atoms with Crippen molar-refractivity contribution in [1.29, 1.82) is 0 Å². The number of carbonyl (C=O) groups is 2. The molecule has 1 aromatic heterocycles. The van der Waals surface area contributed by atoms with E-state index < -0.39 is 0 Å². The van der Waals surface area contributed by atoms with Crippen molar-refractivity contribution in [2.75, 3.05) is 39.6 Å². The number of rotatable bonds is 8. The van der Waals surface area contributed by atoms with E-state index in [-0.39, 0.29) is 18.8 Å². The van der Waals surface area contributed by atoms with E-state index in [2.05, 4.69) is 4.90 Å². The molecule has 0 radical (unpaired) electrons. The summed E-state index contributed by atoms with van der Waals surface area (Å²) in [6, 6.07) is 17.3. The summed E-state index contributed by atoms with van der Waals surface area (Å²) >= 11 is 6.08. The number of nitrogens with zero attached hydrogens (tertiary/aromatic N) is 3. The summed E-state index contributed by atoms with van der Waals surface area (Å²) in [5.74, 6) is 2.28. The summed E-state index contributed by atoms with van der Waals surface area (Å²) in [7, 11) is 0. The third kappa shape index (κ3) is 6.23. The van der Waals surface area contributed by atoms with Gasteiger partial charge >= 0.3 is 6.09 Å². The Morgan fingerprint density at radius 2 is 1.55 bits per heavy atom. The Morgan fingerprint density at radius 3 is 2.32 bits per heavy atom. The lowest BCUT2D eigenvalue weighted by atomic mass is 10.1. The molecule has 3 aromatic rings. The fraction of sp³-hybridized carbons (Fsp3) is 0.357. The molecule has 9 nitrogen and oxygen atoms in total. The molecular weight excluding hydrogens is 510 g/mol. The summed E-state index contributed by atoms with van der Waals surface area (Å²) in [4.78, 5) is 30.6. The minimum absolute atomic E-state index is 0.181. The van der Waals surface area contributed by atoms with Gasteiger partial charge in [-0.1, -0.05) is 29.8 Å². The quantitative estimate of drug-likeness (QED) is 0.407. The second kappa shape index (κ2) is 11.8. The zero-order valence-corrected chi connectivity index (χ0v) is 22.0. The van der Waals surface area contributed by atoms with Crippen molar-refractivity contribution in [1.82, 2.24) is 14.7 Å². The fourth-order valence-electron chi connectivity index (χ4n) is 4.57. The van der Waals surface area contributed by atoms with Gasteiger partial charge in [-0.15, -0.1) is 0 Å². The molecule has 0 saturated carbocycles. The van der Waals surface area contributed by atoms with Gasteiger partial charge in [0.05, 0.1) is 13.2 Å². The topological polar surface area (TPSA) is 84.7 Å². The van der Waals surface area contributed by atoms with E-state index in [0.717, 1.165) is 22.6 Å². The highest BCUT2D eigenvalue weighted by Crippen LogP contribution is 2.33. The molecule has 2 aliphatic rings. The van der Waals surface area contributed by atoms with Gasteiger partial charge in [0.1, 0.15) is 5.76 Å². The number of halogens is 1. The average molecular weight is 540 g/mol. The summed E-state index contributed by atoms with van der Waals surface area (Å²) in [5, 5.41) is 0.688. The van der Waals surface area contributed by atoms with Gasteiger partial charge in [0, 0.05) is 44.3 Å². The summed E-state index contributed by atoms with van der Waals surface area (Å²) in [5.41, 5.74) is 2.18. The summed E-state index contributed by atoms with van der Waals surface area (Å²) in [6.07, 6.45) is -0.344. The largest absolute Gasteiger partial charge is 0.455 e. The molecule has 38 heavy (non-hydrogen) atoms.